The van der Waals surface area contributed by atoms with Crippen LogP contribution in [-0.4, -0.2) is 35.0 Å². The van der Waals surface area contributed by atoms with Gasteiger partial charge in [-0.15, -0.1) is 0 Å². The maximum atomic E-state index is 12.0. The molecule has 0 spiro atoms. The Hall–Kier alpha value is -1.59. The van der Waals surface area contributed by atoms with E-state index in [1.54, 1.807) is 6.92 Å². The lowest BCUT2D eigenvalue weighted by Gasteiger charge is -2.39. The lowest BCUT2D eigenvalue weighted by atomic mass is 9.74. The highest BCUT2D eigenvalue weighted by Crippen LogP contribution is 2.33. The van der Waals surface area contributed by atoms with Gasteiger partial charge in [-0.05, 0) is 32.1 Å². The molecule has 2 atom stereocenters. The fraction of sp³-hybridized carbons (Fsp3) is 0.812. The molecule has 0 aromatic rings. The molecule has 1 aliphatic rings. The number of carboxylic acids is 1. The van der Waals surface area contributed by atoms with Crippen LogP contribution in [0.25, 0.3) is 0 Å². The van der Waals surface area contributed by atoms with Crippen molar-refractivity contribution in [2.24, 2.45) is 11.8 Å². The zero-order valence-corrected chi connectivity index (χ0v) is 13.8. The van der Waals surface area contributed by atoms with Crippen LogP contribution in [0.3, 0.4) is 0 Å². The molecule has 0 aromatic heterocycles. The lowest BCUT2D eigenvalue weighted by Crippen LogP contribution is -2.57. The van der Waals surface area contributed by atoms with E-state index in [1.165, 1.54) is 0 Å². The van der Waals surface area contributed by atoms with Crippen LogP contribution in [0, 0.1) is 11.8 Å². The molecule has 1 fully saturated rings. The van der Waals surface area contributed by atoms with Crippen LogP contribution in [0.4, 0.5) is 0 Å². The molecule has 2 unspecified atom stereocenters. The van der Waals surface area contributed by atoms with Gasteiger partial charge in [0.15, 0.2) is 0 Å². The summed E-state index contributed by atoms with van der Waals surface area (Å²) in [5, 5.41) is 14.7. The van der Waals surface area contributed by atoms with Gasteiger partial charge in [0.05, 0.1) is 18.0 Å². The first kappa shape index (κ1) is 18.5. The summed E-state index contributed by atoms with van der Waals surface area (Å²) in [6, 6.07) is 0. The van der Waals surface area contributed by atoms with Crippen molar-refractivity contribution in [3.63, 3.8) is 0 Å². The highest BCUT2D eigenvalue weighted by molar-refractivity contribution is 5.85. The minimum absolute atomic E-state index is 0.0984. The first-order valence-electron chi connectivity index (χ1n) is 8.05. The molecule has 126 valence electrons. The van der Waals surface area contributed by atoms with Gasteiger partial charge in [0.1, 0.15) is 0 Å². The Labute approximate surface area is 132 Å². The van der Waals surface area contributed by atoms with E-state index in [9.17, 15) is 19.5 Å². The van der Waals surface area contributed by atoms with Gasteiger partial charge in [0.2, 0.25) is 11.8 Å². The van der Waals surface area contributed by atoms with Crippen molar-refractivity contribution < 1.29 is 19.5 Å². The quantitative estimate of drug-likeness (QED) is 0.666. The van der Waals surface area contributed by atoms with E-state index >= 15 is 0 Å². The third kappa shape index (κ3) is 5.66. The average molecular weight is 312 g/mol. The molecule has 1 aliphatic carbocycles. The summed E-state index contributed by atoms with van der Waals surface area (Å²) >= 11 is 0. The predicted octanol–water partition coefficient (Wildman–Crippen LogP) is 1.69. The SMILES string of the molecule is CC(C)CCC(=O)NCC(=O)NC1(C)CCCCC1C(=O)O. The summed E-state index contributed by atoms with van der Waals surface area (Å²) < 4.78 is 0. The van der Waals surface area contributed by atoms with Gasteiger partial charge in [0, 0.05) is 6.42 Å². The van der Waals surface area contributed by atoms with E-state index in [0.717, 1.165) is 19.3 Å². The second kappa shape index (κ2) is 8.15. The number of amides is 2. The maximum Gasteiger partial charge on any atom is 0.308 e. The molecule has 0 aliphatic heterocycles. The number of hydrogen-bond donors (Lipinski definition) is 3. The third-order valence-electron chi connectivity index (χ3n) is 4.33. The molecule has 2 amide bonds. The molecule has 6 nitrogen and oxygen atoms in total. The van der Waals surface area contributed by atoms with E-state index in [0.29, 0.717) is 25.2 Å². The van der Waals surface area contributed by atoms with Gasteiger partial charge in [-0.3, -0.25) is 14.4 Å². The van der Waals surface area contributed by atoms with Gasteiger partial charge < -0.3 is 15.7 Å². The van der Waals surface area contributed by atoms with Crippen molar-refractivity contribution in [1.29, 1.82) is 0 Å². The fourth-order valence-corrected chi connectivity index (χ4v) is 2.93. The Morgan fingerprint density at radius 3 is 2.50 bits per heavy atom. The smallest absolute Gasteiger partial charge is 0.308 e. The summed E-state index contributed by atoms with van der Waals surface area (Å²) in [4.78, 5) is 35.0. The molecule has 0 bridgehead atoms. The Morgan fingerprint density at radius 1 is 1.23 bits per heavy atom. The first-order valence-corrected chi connectivity index (χ1v) is 8.05. The Balaban J connectivity index is 2.45. The monoisotopic (exact) mass is 312 g/mol. The summed E-state index contributed by atoms with van der Waals surface area (Å²) in [5.74, 6) is -1.47. The molecule has 22 heavy (non-hydrogen) atoms. The van der Waals surface area contributed by atoms with Crippen LogP contribution in [0.5, 0.6) is 0 Å². The molecular weight excluding hydrogens is 284 g/mol. The highest BCUT2D eigenvalue weighted by Gasteiger charge is 2.42. The van der Waals surface area contributed by atoms with Crippen LogP contribution in [0.2, 0.25) is 0 Å². The lowest BCUT2D eigenvalue weighted by molar-refractivity contribution is -0.146. The zero-order valence-electron chi connectivity index (χ0n) is 13.8. The van der Waals surface area contributed by atoms with Crippen LogP contribution >= 0.6 is 0 Å². The molecule has 0 heterocycles. The second-order valence-electron chi connectivity index (χ2n) is 6.81. The summed E-state index contributed by atoms with van der Waals surface area (Å²) in [6.45, 7) is 5.76. The van der Waals surface area contributed by atoms with Crippen LogP contribution in [-0.2, 0) is 14.4 Å². The molecule has 0 aromatic carbocycles. The molecule has 6 heteroatoms. The van der Waals surface area contributed by atoms with Crippen LogP contribution in [0.1, 0.15) is 59.3 Å². The number of carbonyl (C=O) groups excluding carboxylic acids is 2. The number of rotatable bonds is 7. The standard InChI is InChI=1S/C16H28N2O4/c1-11(2)7-8-13(19)17-10-14(20)18-16(3)9-5-4-6-12(16)15(21)22/h11-12H,4-10H2,1-3H3,(H,17,19)(H,18,20)(H,21,22). The normalized spacial score (nSPS) is 24.8. The van der Waals surface area contributed by atoms with E-state index < -0.39 is 17.4 Å². The van der Waals surface area contributed by atoms with E-state index in [-0.39, 0.29) is 18.4 Å². The van der Waals surface area contributed by atoms with Gasteiger partial charge in [0.25, 0.3) is 0 Å². The van der Waals surface area contributed by atoms with Crippen molar-refractivity contribution in [3.05, 3.63) is 0 Å². The van der Waals surface area contributed by atoms with Gasteiger partial charge in [-0.25, -0.2) is 0 Å². The van der Waals surface area contributed by atoms with E-state index in [4.69, 9.17) is 0 Å². The number of carbonyl (C=O) groups is 3. The number of aliphatic carboxylic acids is 1. The number of hydrogen-bond acceptors (Lipinski definition) is 3. The Bertz CT molecular complexity index is 422. The van der Waals surface area contributed by atoms with Crippen LogP contribution in [0.15, 0.2) is 0 Å². The van der Waals surface area contributed by atoms with Gasteiger partial charge in [-0.2, -0.15) is 0 Å². The summed E-state index contributed by atoms with van der Waals surface area (Å²) in [5.41, 5.74) is -0.732. The van der Waals surface area contributed by atoms with Gasteiger partial charge >= 0.3 is 5.97 Å². The van der Waals surface area contributed by atoms with Gasteiger partial charge in [-0.1, -0.05) is 26.7 Å². The fourth-order valence-electron chi connectivity index (χ4n) is 2.93. The van der Waals surface area contributed by atoms with Crippen molar-refractivity contribution in [2.75, 3.05) is 6.54 Å². The zero-order chi connectivity index (χ0) is 16.8. The van der Waals surface area contributed by atoms with Crippen LogP contribution < -0.4 is 10.6 Å². The molecule has 1 rings (SSSR count). The number of nitrogens with one attached hydrogen (secondary N) is 2. The van der Waals surface area contributed by atoms with Crippen molar-refractivity contribution in [2.45, 2.75) is 64.8 Å². The third-order valence-corrected chi connectivity index (χ3v) is 4.33. The van der Waals surface area contributed by atoms with Crippen molar-refractivity contribution in [1.82, 2.24) is 10.6 Å². The average Bonchev–Trinajstić information content (AvgIpc) is 2.42. The van der Waals surface area contributed by atoms with E-state index in [1.807, 2.05) is 13.8 Å². The molecule has 3 N–H and O–H groups in total. The first-order chi connectivity index (χ1) is 10.2. The topological polar surface area (TPSA) is 95.5 Å². The van der Waals surface area contributed by atoms with E-state index in [2.05, 4.69) is 10.6 Å². The molecular formula is C16H28N2O4. The minimum atomic E-state index is -0.872. The predicted molar refractivity (Wildman–Crippen MR) is 83.2 cm³/mol. The van der Waals surface area contributed by atoms with Crippen molar-refractivity contribution >= 4 is 17.8 Å². The largest absolute Gasteiger partial charge is 0.481 e. The Kier molecular flexibility index (Phi) is 6.84. The maximum absolute atomic E-state index is 12.0. The molecule has 0 saturated heterocycles. The minimum Gasteiger partial charge on any atom is -0.481 e. The summed E-state index contributed by atoms with van der Waals surface area (Å²) in [6.07, 6.45) is 4.19. The molecule has 1 saturated carbocycles. The van der Waals surface area contributed by atoms with Crippen molar-refractivity contribution in [3.8, 4) is 0 Å². The second-order valence-corrected chi connectivity index (χ2v) is 6.81. The Morgan fingerprint density at radius 2 is 1.91 bits per heavy atom. The molecule has 0 radical (unpaired) electrons. The number of carboxylic acid groups (broad SMARTS) is 1. The highest BCUT2D eigenvalue weighted by atomic mass is 16.4. The summed E-state index contributed by atoms with van der Waals surface area (Å²) in [7, 11) is 0.